The van der Waals surface area contributed by atoms with Crippen molar-refractivity contribution in [1.82, 2.24) is 4.98 Å². The molecule has 1 aromatic rings. The van der Waals surface area contributed by atoms with Crippen LogP contribution in [0, 0.1) is 5.92 Å². The van der Waals surface area contributed by atoms with Gasteiger partial charge in [0, 0.05) is 24.6 Å². The molecule has 1 rings (SSSR count). The minimum Gasteiger partial charge on any atom is -0.481 e. The third-order valence-electron chi connectivity index (χ3n) is 2.83. The van der Waals surface area contributed by atoms with E-state index in [1.165, 1.54) is 0 Å². The van der Waals surface area contributed by atoms with E-state index in [9.17, 15) is 4.79 Å². The molecule has 0 saturated heterocycles. The number of ether oxygens (including phenoxy) is 1. The Morgan fingerprint density at radius 3 is 2.50 bits per heavy atom. The van der Waals surface area contributed by atoms with Crippen LogP contribution in [0.3, 0.4) is 0 Å². The van der Waals surface area contributed by atoms with Crippen LogP contribution in [0.15, 0.2) is 18.3 Å². The number of Topliss-reactive ketones (excluding diaryl/α,β-unsaturated/α-hetero) is 1. The van der Waals surface area contributed by atoms with Gasteiger partial charge in [-0.15, -0.1) is 0 Å². The third kappa shape index (κ3) is 3.33. The first kappa shape index (κ1) is 12.7. The summed E-state index contributed by atoms with van der Waals surface area (Å²) in [7, 11) is 1.58. The first-order valence-corrected chi connectivity index (χ1v) is 5.72. The van der Waals surface area contributed by atoms with Gasteiger partial charge in [0.1, 0.15) is 5.78 Å². The lowest BCUT2D eigenvalue weighted by atomic mass is 9.94. The molecule has 0 aliphatic carbocycles. The molecular formula is C13H19NO2. The van der Waals surface area contributed by atoms with Gasteiger partial charge in [-0.3, -0.25) is 4.79 Å². The molecule has 0 aromatic carbocycles. The molecule has 3 heteroatoms. The molecule has 1 aromatic heterocycles. The van der Waals surface area contributed by atoms with E-state index in [0.29, 0.717) is 18.1 Å². The van der Waals surface area contributed by atoms with Gasteiger partial charge in [-0.2, -0.15) is 0 Å². The first-order valence-electron chi connectivity index (χ1n) is 5.72. The smallest absolute Gasteiger partial charge is 0.212 e. The predicted molar refractivity (Wildman–Crippen MR) is 63.6 cm³/mol. The minimum atomic E-state index is 0.183. The van der Waals surface area contributed by atoms with Crippen LogP contribution in [0.2, 0.25) is 0 Å². The Bertz CT molecular complexity index is 328. The number of carbonyl (C=O) groups is 1. The molecule has 0 atom stereocenters. The second kappa shape index (κ2) is 6.26. The van der Waals surface area contributed by atoms with Gasteiger partial charge in [0.15, 0.2) is 0 Å². The number of hydrogen-bond acceptors (Lipinski definition) is 3. The average molecular weight is 221 g/mol. The van der Waals surface area contributed by atoms with Crippen LogP contribution in [-0.4, -0.2) is 17.9 Å². The van der Waals surface area contributed by atoms with Crippen LogP contribution in [-0.2, 0) is 11.2 Å². The van der Waals surface area contributed by atoms with E-state index >= 15 is 0 Å². The summed E-state index contributed by atoms with van der Waals surface area (Å²) in [5.41, 5.74) is 0.956. The molecule has 0 spiro atoms. The number of carbonyl (C=O) groups excluding carboxylic acids is 1. The highest BCUT2D eigenvalue weighted by Gasteiger charge is 2.14. The van der Waals surface area contributed by atoms with E-state index in [0.717, 1.165) is 18.4 Å². The number of rotatable bonds is 6. The van der Waals surface area contributed by atoms with Gasteiger partial charge in [0.25, 0.3) is 0 Å². The Morgan fingerprint density at radius 2 is 2.06 bits per heavy atom. The van der Waals surface area contributed by atoms with Crippen molar-refractivity contribution in [3.8, 4) is 5.88 Å². The maximum absolute atomic E-state index is 11.9. The van der Waals surface area contributed by atoms with Crippen LogP contribution in [0.1, 0.15) is 32.3 Å². The van der Waals surface area contributed by atoms with E-state index in [-0.39, 0.29) is 5.92 Å². The van der Waals surface area contributed by atoms with E-state index in [4.69, 9.17) is 4.74 Å². The number of aromatic nitrogens is 1. The van der Waals surface area contributed by atoms with Gasteiger partial charge in [-0.1, -0.05) is 19.9 Å². The van der Waals surface area contributed by atoms with Crippen molar-refractivity contribution in [3.63, 3.8) is 0 Å². The number of nitrogens with zero attached hydrogens (tertiary/aromatic N) is 1. The molecule has 0 bridgehead atoms. The molecule has 1 heterocycles. The normalized spacial score (nSPS) is 10.5. The second-order valence-corrected chi connectivity index (χ2v) is 3.87. The molecular weight excluding hydrogens is 202 g/mol. The zero-order valence-electron chi connectivity index (χ0n) is 10.2. The lowest BCUT2D eigenvalue weighted by molar-refractivity contribution is -0.122. The molecule has 0 unspecified atom stereocenters. The minimum absolute atomic E-state index is 0.183. The van der Waals surface area contributed by atoms with E-state index in [1.54, 1.807) is 19.4 Å². The van der Waals surface area contributed by atoms with Gasteiger partial charge < -0.3 is 4.74 Å². The predicted octanol–water partition coefficient (Wildman–Crippen LogP) is 2.64. The summed E-state index contributed by atoms with van der Waals surface area (Å²) in [5, 5.41) is 0. The van der Waals surface area contributed by atoms with Gasteiger partial charge >= 0.3 is 0 Å². The van der Waals surface area contributed by atoms with Crippen molar-refractivity contribution in [1.29, 1.82) is 0 Å². The van der Waals surface area contributed by atoms with Crippen molar-refractivity contribution in [2.24, 2.45) is 5.92 Å². The molecule has 88 valence electrons. The van der Waals surface area contributed by atoms with Gasteiger partial charge in [-0.25, -0.2) is 4.98 Å². The summed E-state index contributed by atoms with van der Waals surface area (Å²) in [6.07, 6.45) is 4.01. The maximum atomic E-state index is 11.9. The molecule has 0 N–H and O–H groups in total. The number of pyridine rings is 1. The van der Waals surface area contributed by atoms with Gasteiger partial charge in [-0.05, 0) is 18.4 Å². The SMILES string of the molecule is CCC(CC)C(=O)Cc1ccc(OC)nc1. The number of ketones is 1. The molecule has 0 amide bonds. The third-order valence-corrected chi connectivity index (χ3v) is 2.83. The summed E-state index contributed by atoms with van der Waals surface area (Å²) in [6, 6.07) is 3.68. The Hall–Kier alpha value is -1.38. The molecule has 0 saturated carbocycles. The Labute approximate surface area is 96.8 Å². The Kier molecular flexibility index (Phi) is 4.96. The summed E-state index contributed by atoms with van der Waals surface area (Å²) >= 11 is 0. The van der Waals surface area contributed by atoms with Gasteiger partial charge in [0.2, 0.25) is 5.88 Å². The molecule has 3 nitrogen and oxygen atoms in total. The average Bonchev–Trinajstić information content (AvgIpc) is 2.31. The monoisotopic (exact) mass is 221 g/mol. The lowest BCUT2D eigenvalue weighted by Gasteiger charge is -2.10. The second-order valence-electron chi connectivity index (χ2n) is 3.87. The maximum Gasteiger partial charge on any atom is 0.212 e. The molecule has 0 radical (unpaired) electrons. The Morgan fingerprint density at radius 1 is 1.38 bits per heavy atom. The standard InChI is InChI=1S/C13H19NO2/c1-4-11(5-2)12(15)8-10-6-7-13(16-3)14-9-10/h6-7,9,11H,4-5,8H2,1-3H3. The molecule has 0 aliphatic rings. The van der Waals surface area contributed by atoms with Crippen LogP contribution >= 0.6 is 0 Å². The fourth-order valence-corrected chi connectivity index (χ4v) is 1.73. The van der Waals surface area contributed by atoms with Crippen molar-refractivity contribution in [2.45, 2.75) is 33.1 Å². The van der Waals surface area contributed by atoms with E-state index < -0.39 is 0 Å². The number of methoxy groups -OCH3 is 1. The van der Waals surface area contributed by atoms with Crippen LogP contribution in [0.25, 0.3) is 0 Å². The van der Waals surface area contributed by atoms with Crippen LogP contribution < -0.4 is 4.74 Å². The van der Waals surface area contributed by atoms with Crippen LogP contribution in [0.4, 0.5) is 0 Å². The molecule has 16 heavy (non-hydrogen) atoms. The zero-order valence-corrected chi connectivity index (χ0v) is 10.2. The summed E-state index contributed by atoms with van der Waals surface area (Å²) < 4.78 is 4.97. The molecule has 0 aliphatic heterocycles. The highest BCUT2D eigenvalue weighted by molar-refractivity contribution is 5.83. The van der Waals surface area contributed by atoms with Crippen molar-refractivity contribution < 1.29 is 9.53 Å². The summed E-state index contributed by atoms with van der Waals surface area (Å²) in [4.78, 5) is 16.0. The van der Waals surface area contributed by atoms with Crippen LogP contribution in [0.5, 0.6) is 5.88 Å². The quantitative estimate of drug-likeness (QED) is 0.741. The highest BCUT2D eigenvalue weighted by Crippen LogP contribution is 2.14. The summed E-state index contributed by atoms with van der Waals surface area (Å²) in [5.74, 6) is 1.07. The largest absolute Gasteiger partial charge is 0.481 e. The van der Waals surface area contributed by atoms with E-state index in [1.807, 2.05) is 6.07 Å². The fourth-order valence-electron chi connectivity index (χ4n) is 1.73. The fraction of sp³-hybridized carbons (Fsp3) is 0.538. The first-order chi connectivity index (χ1) is 7.71. The Balaban J connectivity index is 2.62. The topological polar surface area (TPSA) is 39.2 Å². The zero-order chi connectivity index (χ0) is 12.0. The van der Waals surface area contributed by atoms with Crippen molar-refractivity contribution in [3.05, 3.63) is 23.9 Å². The summed E-state index contributed by atoms with van der Waals surface area (Å²) in [6.45, 7) is 4.11. The van der Waals surface area contributed by atoms with Crippen molar-refractivity contribution >= 4 is 5.78 Å². The highest BCUT2D eigenvalue weighted by atomic mass is 16.5. The number of hydrogen-bond donors (Lipinski definition) is 0. The van der Waals surface area contributed by atoms with Gasteiger partial charge in [0.05, 0.1) is 7.11 Å². The van der Waals surface area contributed by atoms with E-state index in [2.05, 4.69) is 18.8 Å². The van der Waals surface area contributed by atoms with Crippen molar-refractivity contribution in [2.75, 3.05) is 7.11 Å². The molecule has 0 fully saturated rings. The lowest BCUT2D eigenvalue weighted by Crippen LogP contribution is -2.15.